The first-order valence-electron chi connectivity index (χ1n) is 5.41. The first-order chi connectivity index (χ1) is 7.93. The number of rotatable bonds is 5. The summed E-state index contributed by atoms with van der Waals surface area (Å²) in [7, 11) is 3.18. The summed E-state index contributed by atoms with van der Waals surface area (Å²) in [6.45, 7) is 2.41. The van der Waals surface area contributed by atoms with Crippen molar-refractivity contribution >= 4 is 17.7 Å². The lowest BCUT2D eigenvalue weighted by Crippen LogP contribution is -2.47. The van der Waals surface area contributed by atoms with E-state index in [0.717, 1.165) is 0 Å². The van der Waals surface area contributed by atoms with Crippen molar-refractivity contribution < 1.29 is 14.4 Å². The van der Waals surface area contributed by atoms with Crippen LogP contribution in [0.25, 0.3) is 0 Å². The Morgan fingerprint density at radius 3 is 2.24 bits per heavy atom. The maximum absolute atomic E-state index is 11.6. The molecule has 17 heavy (non-hydrogen) atoms. The Balaban J connectivity index is 4.40. The van der Waals surface area contributed by atoms with Crippen molar-refractivity contribution in [2.45, 2.75) is 6.92 Å². The fraction of sp³-hybridized carbons (Fsp3) is 0.700. The van der Waals surface area contributed by atoms with Gasteiger partial charge in [-0.2, -0.15) is 0 Å². The molecular weight excluding hydrogens is 224 g/mol. The van der Waals surface area contributed by atoms with Crippen molar-refractivity contribution in [3.63, 3.8) is 0 Å². The van der Waals surface area contributed by atoms with Gasteiger partial charge in [0.1, 0.15) is 6.54 Å². The van der Waals surface area contributed by atoms with Gasteiger partial charge in [-0.1, -0.05) is 0 Å². The molecule has 0 rings (SSSR count). The van der Waals surface area contributed by atoms with Crippen molar-refractivity contribution in [2.75, 3.05) is 40.3 Å². The third-order valence-electron chi connectivity index (χ3n) is 2.12. The second kappa shape index (κ2) is 7.61. The average Bonchev–Trinajstić information content (AvgIpc) is 2.31. The molecular formula is C10H20N4O3. The molecule has 0 spiro atoms. The number of nitrogens with one attached hydrogen (secondary N) is 1. The Labute approximate surface area is 101 Å². The molecule has 7 nitrogen and oxygen atoms in total. The van der Waals surface area contributed by atoms with Crippen molar-refractivity contribution in [2.24, 2.45) is 5.73 Å². The quantitative estimate of drug-likeness (QED) is 0.547. The summed E-state index contributed by atoms with van der Waals surface area (Å²) in [6.07, 6.45) is 0. The highest BCUT2D eigenvalue weighted by molar-refractivity contribution is 6.35. The summed E-state index contributed by atoms with van der Waals surface area (Å²) in [5.74, 6) is -1.67. The minimum atomic E-state index is -0.733. The molecule has 3 amide bonds. The van der Waals surface area contributed by atoms with E-state index < -0.39 is 11.8 Å². The molecule has 0 bridgehead atoms. The molecule has 0 fully saturated rings. The van der Waals surface area contributed by atoms with Crippen LogP contribution in [0.5, 0.6) is 0 Å². The molecule has 0 aliphatic carbocycles. The molecule has 0 aliphatic rings. The van der Waals surface area contributed by atoms with Gasteiger partial charge in [-0.3, -0.25) is 14.4 Å². The second-order valence-electron chi connectivity index (χ2n) is 3.65. The summed E-state index contributed by atoms with van der Waals surface area (Å²) in [5, 5.41) is 2.37. The molecule has 0 aliphatic heterocycles. The summed E-state index contributed by atoms with van der Waals surface area (Å²) < 4.78 is 0. The molecule has 0 aromatic heterocycles. The lowest BCUT2D eigenvalue weighted by atomic mass is 10.4. The largest absolute Gasteiger partial charge is 0.347 e. The van der Waals surface area contributed by atoms with E-state index in [1.54, 1.807) is 21.0 Å². The van der Waals surface area contributed by atoms with Crippen molar-refractivity contribution in [3.05, 3.63) is 0 Å². The highest BCUT2D eigenvalue weighted by Crippen LogP contribution is 1.92. The van der Waals surface area contributed by atoms with Gasteiger partial charge in [0.05, 0.1) is 0 Å². The van der Waals surface area contributed by atoms with E-state index in [9.17, 15) is 14.4 Å². The van der Waals surface area contributed by atoms with E-state index in [4.69, 9.17) is 5.73 Å². The van der Waals surface area contributed by atoms with Crippen LogP contribution in [-0.2, 0) is 14.4 Å². The minimum absolute atomic E-state index is 0.0988. The molecule has 0 saturated heterocycles. The van der Waals surface area contributed by atoms with Crippen LogP contribution in [0, 0.1) is 0 Å². The molecule has 7 heteroatoms. The van der Waals surface area contributed by atoms with Crippen molar-refractivity contribution in [1.29, 1.82) is 0 Å². The topological polar surface area (TPSA) is 95.7 Å². The molecule has 0 aromatic carbocycles. The number of likely N-dealkylation sites (N-methyl/N-ethyl adjacent to an activating group) is 2. The SMILES string of the molecule is CCN(CC(=O)N(C)C)C(=O)C(=O)NCCN. The number of carbonyl (C=O) groups is 3. The Morgan fingerprint density at radius 1 is 1.24 bits per heavy atom. The molecule has 0 unspecified atom stereocenters. The molecule has 3 N–H and O–H groups in total. The van der Waals surface area contributed by atoms with Crippen LogP contribution >= 0.6 is 0 Å². The van der Waals surface area contributed by atoms with E-state index >= 15 is 0 Å². The van der Waals surface area contributed by atoms with Gasteiger partial charge >= 0.3 is 11.8 Å². The summed E-state index contributed by atoms with van der Waals surface area (Å²) >= 11 is 0. The lowest BCUT2D eigenvalue weighted by Gasteiger charge is -2.21. The van der Waals surface area contributed by atoms with Gasteiger partial charge in [0, 0.05) is 33.7 Å². The normalized spacial score (nSPS) is 9.65. The summed E-state index contributed by atoms with van der Waals surface area (Å²) in [5.41, 5.74) is 5.21. The smallest absolute Gasteiger partial charge is 0.312 e. The third kappa shape index (κ3) is 5.30. The number of nitrogens with two attached hydrogens (primary N) is 1. The Hall–Kier alpha value is -1.63. The van der Waals surface area contributed by atoms with Crippen LogP contribution in [0.1, 0.15) is 6.92 Å². The standard InChI is InChI=1S/C10H20N4O3/c1-4-14(7-8(15)13(2)3)10(17)9(16)12-6-5-11/h4-7,11H2,1-3H3,(H,12,16). The first kappa shape index (κ1) is 15.4. The molecule has 0 saturated carbocycles. The number of carbonyl (C=O) groups excluding carboxylic acids is 3. The Kier molecular flexibility index (Phi) is 6.88. The molecule has 98 valence electrons. The molecule has 0 radical (unpaired) electrons. The van der Waals surface area contributed by atoms with Gasteiger partial charge in [0.2, 0.25) is 5.91 Å². The molecule has 0 atom stereocenters. The maximum atomic E-state index is 11.6. The second-order valence-corrected chi connectivity index (χ2v) is 3.65. The Bertz CT molecular complexity index is 291. The monoisotopic (exact) mass is 244 g/mol. The maximum Gasteiger partial charge on any atom is 0.312 e. The van der Waals surface area contributed by atoms with Gasteiger partial charge in [-0.15, -0.1) is 0 Å². The average molecular weight is 244 g/mol. The number of hydrogen-bond donors (Lipinski definition) is 2. The van der Waals surface area contributed by atoms with Crippen molar-refractivity contribution in [1.82, 2.24) is 15.1 Å². The van der Waals surface area contributed by atoms with Crippen LogP contribution in [-0.4, -0.2) is 67.8 Å². The lowest BCUT2D eigenvalue weighted by molar-refractivity contribution is -0.148. The van der Waals surface area contributed by atoms with Gasteiger partial charge in [-0.05, 0) is 6.92 Å². The van der Waals surface area contributed by atoms with Crippen LogP contribution in [0.3, 0.4) is 0 Å². The first-order valence-corrected chi connectivity index (χ1v) is 5.41. The summed E-state index contributed by atoms with van der Waals surface area (Å²) in [6, 6.07) is 0. The van der Waals surface area contributed by atoms with Gasteiger partial charge < -0.3 is 20.9 Å². The van der Waals surface area contributed by atoms with E-state index in [0.29, 0.717) is 6.54 Å². The molecule has 0 aromatic rings. The fourth-order valence-corrected chi connectivity index (χ4v) is 1.04. The highest BCUT2D eigenvalue weighted by Gasteiger charge is 2.22. The van der Waals surface area contributed by atoms with Crippen LogP contribution in [0.4, 0.5) is 0 Å². The highest BCUT2D eigenvalue weighted by atomic mass is 16.2. The van der Waals surface area contributed by atoms with Crippen LogP contribution in [0.15, 0.2) is 0 Å². The number of hydrogen-bond acceptors (Lipinski definition) is 4. The van der Waals surface area contributed by atoms with E-state index in [1.165, 1.54) is 9.80 Å². The zero-order chi connectivity index (χ0) is 13.4. The van der Waals surface area contributed by atoms with E-state index in [2.05, 4.69) is 5.32 Å². The van der Waals surface area contributed by atoms with Crippen LogP contribution in [0.2, 0.25) is 0 Å². The zero-order valence-corrected chi connectivity index (χ0v) is 10.5. The number of amides is 3. The summed E-state index contributed by atoms with van der Waals surface area (Å²) in [4.78, 5) is 37.0. The molecule has 0 heterocycles. The van der Waals surface area contributed by atoms with E-state index in [-0.39, 0.29) is 25.5 Å². The van der Waals surface area contributed by atoms with Crippen molar-refractivity contribution in [3.8, 4) is 0 Å². The predicted molar refractivity (Wildman–Crippen MR) is 63.0 cm³/mol. The zero-order valence-electron chi connectivity index (χ0n) is 10.5. The van der Waals surface area contributed by atoms with Gasteiger partial charge in [-0.25, -0.2) is 0 Å². The minimum Gasteiger partial charge on any atom is -0.347 e. The predicted octanol–water partition coefficient (Wildman–Crippen LogP) is -2.00. The Morgan fingerprint density at radius 2 is 1.82 bits per heavy atom. The number of nitrogens with zero attached hydrogens (tertiary/aromatic N) is 2. The van der Waals surface area contributed by atoms with E-state index in [1.807, 2.05) is 0 Å². The van der Waals surface area contributed by atoms with Crippen LogP contribution < -0.4 is 11.1 Å². The fourth-order valence-electron chi connectivity index (χ4n) is 1.04. The third-order valence-corrected chi connectivity index (χ3v) is 2.12. The van der Waals surface area contributed by atoms with Gasteiger partial charge in [0.25, 0.3) is 0 Å². The van der Waals surface area contributed by atoms with Gasteiger partial charge in [0.15, 0.2) is 0 Å².